The number of hydrogen-bond acceptors (Lipinski definition) is 3. The summed E-state index contributed by atoms with van der Waals surface area (Å²) >= 11 is 0. The molecule has 2 aromatic rings. The van der Waals surface area contributed by atoms with E-state index in [1.54, 1.807) is 18.7 Å². The Labute approximate surface area is 142 Å². The molecule has 1 aliphatic rings. The highest BCUT2D eigenvalue weighted by molar-refractivity contribution is 5.93. The largest absolute Gasteiger partial charge is 0.462 e. The predicted octanol–water partition coefficient (Wildman–Crippen LogP) is 2.98. The molecule has 0 unspecified atom stereocenters. The molecular formula is C20H21NO3. The summed E-state index contributed by atoms with van der Waals surface area (Å²) in [6.45, 7) is 4.12. The Morgan fingerprint density at radius 2 is 1.50 bits per heavy atom. The summed E-state index contributed by atoms with van der Waals surface area (Å²) in [5.41, 5.74) is 0.879. The van der Waals surface area contributed by atoms with Gasteiger partial charge in [0.25, 0.3) is 0 Å². The van der Waals surface area contributed by atoms with Gasteiger partial charge in [-0.2, -0.15) is 0 Å². The van der Waals surface area contributed by atoms with Crippen LogP contribution in [0.5, 0.6) is 0 Å². The van der Waals surface area contributed by atoms with Gasteiger partial charge in [-0.1, -0.05) is 60.7 Å². The standard InChI is InChI=1S/C20H21NO3/c1-20(2)19(23)24-14-13-21(20)18(22)17(15-9-5-3-6-10-15)16-11-7-4-8-12-16/h3-12,17H,13-14H2,1-2H3. The number of morpholine rings is 1. The number of esters is 1. The molecule has 1 heterocycles. The molecule has 0 radical (unpaired) electrons. The van der Waals surface area contributed by atoms with Crippen molar-refractivity contribution in [2.75, 3.05) is 13.2 Å². The van der Waals surface area contributed by atoms with E-state index < -0.39 is 11.5 Å². The fraction of sp³-hybridized carbons (Fsp3) is 0.300. The average Bonchev–Trinajstić information content (AvgIpc) is 2.59. The van der Waals surface area contributed by atoms with Crippen molar-refractivity contribution >= 4 is 11.9 Å². The van der Waals surface area contributed by atoms with Crippen LogP contribution >= 0.6 is 0 Å². The van der Waals surface area contributed by atoms with Gasteiger partial charge in [-0.25, -0.2) is 4.79 Å². The lowest BCUT2D eigenvalue weighted by Gasteiger charge is -2.41. The van der Waals surface area contributed by atoms with Crippen LogP contribution in [0.4, 0.5) is 0 Å². The van der Waals surface area contributed by atoms with Crippen molar-refractivity contribution in [1.82, 2.24) is 4.90 Å². The number of carbonyl (C=O) groups excluding carboxylic acids is 2. The van der Waals surface area contributed by atoms with Crippen LogP contribution in [-0.2, 0) is 14.3 Å². The molecule has 0 aromatic heterocycles. The fourth-order valence-electron chi connectivity index (χ4n) is 3.11. The summed E-state index contributed by atoms with van der Waals surface area (Å²) in [4.78, 5) is 27.1. The maximum Gasteiger partial charge on any atom is 0.331 e. The van der Waals surface area contributed by atoms with Gasteiger partial charge < -0.3 is 9.64 Å². The van der Waals surface area contributed by atoms with E-state index in [1.807, 2.05) is 60.7 Å². The molecule has 1 saturated heterocycles. The van der Waals surface area contributed by atoms with Crippen LogP contribution in [0.25, 0.3) is 0 Å². The SMILES string of the molecule is CC1(C)C(=O)OCCN1C(=O)C(c1ccccc1)c1ccccc1. The van der Waals surface area contributed by atoms with Crippen molar-refractivity contribution in [3.8, 4) is 0 Å². The second-order valence-corrected chi connectivity index (χ2v) is 6.44. The molecular weight excluding hydrogens is 302 g/mol. The fourth-order valence-corrected chi connectivity index (χ4v) is 3.11. The minimum atomic E-state index is -0.961. The number of rotatable bonds is 3. The number of cyclic esters (lactones) is 1. The lowest BCUT2D eigenvalue weighted by Crippen LogP contribution is -2.59. The highest BCUT2D eigenvalue weighted by Crippen LogP contribution is 2.31. The first-order valence-electron chi connectivity index (χ1n) is 8.10. The summed E-state index contributed by atoms with van der Waals surface area (Å²) < 4.78 is 5.13. The average molecular weight is 323 g/mol. The van der Waals surface area contributed by atoms with Crippen LogP contribution in [0.3, 0.4) is 0 Å². The lowest BCUT2D eigenvalue weighted by molar-refractivity contribution is -0.172. The molecule has 0 N–H and O–H groups in total. The van der Waals surface area contributed by atoms with Crippen molar-refractivity contribution < 1.29 is 14.3 Å². The highest BCUT2D eigenvalue weighted by atomic mass is 16.5. The minimum Gasteiger partial charge on any atom is -0.462 e. The first-order valence-corrected chi connectivity index (χ1v) is 8.10. The van der Waals surface area contributed by atoms with Gasteiger partial charge in [0.2, 0.25) is 5.91 Å². The first-order chi connectivity index (χ1) is 11.5. The van der Waals surface area contributed by atoms with Gasteiger partial charge in [0, 0.05) is 0 Å². The van der Waals surface area contributed by atoms with E-state index in [4.69, 9.17) is 4.74 Å². The number of ether oxygens (including phenoxy) is 1. The van der Waals surface area contributed by atoms with E-state index in [0.717, 1.165) is 11.1 Å². The van der Waals surface area contributed by atoms with Gasteiger partial charge in [0.05, 0.1) is 12.5 Å². The van der Waals surface area contributed by atoms with Crippen LogP contribution in [-0.4, -0.2) is 35.5 Å². The van der Waals surface area contributed by atoms with E-state index in [0.29, 0.717) is 6.54 Å². The smallest absolute Gasteiger partial charge is 0.331 e. The maximum atomic E-state index is 13.4. The zero-order valence-electron chi connectivity index (χ0n) is 13.9. The molecule has 4 nitrogen and oxygen atoms in total. The molecule has 1 fully saturated rings. The molecule has 3 rings (SSSR count). The summed E-state index contributed by atoms with van der Waals surface area (Å²) in [7, 11) is 0. The maximum absolute atomic E-state index is 13.4. The van der Waals surface area contributed by atoms with E-state index in [1.165, 1.54) is 0 Å². The molecule has 1 amide bonds. The highest BCUT2D eigenvalue weighted by Gasteiger charge is 2.44. The normalized spacial score (nSPS) is 16.8. The summed E-state index contributed by atoms with van der Waals surface area (Å²) in [6, 6.07) is 19.4. The zero-order chi connectivity index (χ0) is 17.2. The van der Waals surface area contributed by atoms with Crippen molar-refractivity contribution in [2.45, 2.75) is 25.3 Å². The van der Waals surface area contributed by atoms with Gasteiger partial charge >= 0.3 is 5.97 Å². The summed E-state index contributed by atoms with van der Waals surface area (Å²) in [5, 5.41) is 0. The summed E-state index contributed by atoms with van der Waals surface area (Å²) in [5.74, 6) is -0.867. The van der Waals surface area contributed by atoms with Crippen molar-refractivity contribution in [1.29, 1.82) is 0 Å². The van der Waals surface area contributed by atoms with Crippen LogP contribution < -0.4 is 0 Å². The van der Waals surface area contributed by atoms with Gasteiger partial charge in [0.15, 0.2) is 0 Å². The van der Waals surface area contributed by atoms with E-state index >= 15 is 0 Å². The van der Waals surface area contributed by atoms with E-state index in [-0.39, 0.29) is 18.5 Å². The van der Waals surface area contributed by atoms with E-state index in [9.17, 15) is 9.59 Å². The first kappa shape index (κ1) is 16.2. The number of hydrogen-bond donors (Lipinski definition) is 0. The molecule has 0 bridgehead atoms. The lowest BCUT2D eigenvalue weighted by atomic mass is 9.88. The third kappa shape index (κ3) is 2.92. The molecule has 24 heavy (non-hydrogen) atoms. The number of nitrogens with zero attached hydrogens (tertiary/aromatic N) is 1. The third-order valence-electron chi connectivity index (χ3n) is 4.50. The number of amides is 1. The molecule has 0 spiro atoms. The molecule has 0 atom stereocenters. The zero-order valence-corrected chi connectivity index (χ0v) is 13.9. The van der Waals surface area contributed by atoms with Crippen molar-refractivity contribution in [2.24, 2.45) is 0 Å². The monoisotopic (exact) mass is 323 g/mol. The van der Waals surface area contributed by atoms with Gasteiger partial charge in [-0.05, 0) is 25.0 Å². The third-order valence-corrected chi connectivity index (χ3v) is 4.50. The Morgan fingerprint density at radius 1 is 1.00 bits per heavy atom. The Balaban J connectivity index is 2.03. The van der Waals surface area contributed by atoms with Gasteiger partial charge in [-0.3, -0.25) is 4.79 Å². The molecule has 4 heteroatoms. The van der Waals surface area contributed by atoms with Gasteiger partial charge in [0.1, 0.15) is 12.1 Å². The number of benzene rings is 2. The predicted molar refractivity (Wildman–Crippen MR) is 91.5 cm³/mol. The van der Waals surface area contributed by atoms with Crippen molar-refractivity contribution in [3.05, 3.63) is 71.8 Å². The van der Waals surface area contributed by atoms with Crippen LogP contribution in [0, 0.1) is 0 Å². The topological polar surface area (TPSA) is 46.6 Å². The van der Waals surface area contributed by atoms with E-state index in [2.05, 4.69) is 0 Å². The molecule has 2 aromatic carbocycles. The minimum absolute atomic E-state index is 0.0750. The quantitative estimate of drug-likeness (QED) is 0.816. The second-order valence-electron chi connectivity index (χ2n) is 6.44. The van der Waals surface area contributed by atoms with Crippen LogP contribution in [0.15, 0.2) is 60.7 Å². The molecule has 1 aliphatic heterocycles. The van der Waals surface area contributed by atoms with Crippen LogP contribution in [0.2, 0.25) is 0 Å². The second kappa shape index (κ2) is 6.48. The molecule has 0 aliphatic carbocycles. The van der Waals surface area contributed by atoms with Crippen LogP contribution in [0.1, 0.15) is 30.9 Å². The Bertz CT molecular complexity index is 686. The van der Waals surface area contributed by atoms with Crippen molar-refractivity contribution in [3.63, 3.8) is 0 Å². The Hall–Kier alpha value is -2.62. The van der Waals surface area contributed by atoms with Gasteiger partial charge in [-0.15, -0.1) is 0 Å². The number of carbonyl (C=O) groups is 2. The summed E-state index contributed by atoms with van der Waals surface area (Å²) in [6.07, 6.45) is 0. The Kier molecular flexibility index (Phi) is 4.38. The molecule has 124 valence electrons. The molecule has 0 saturated carbocycles. The Morgan fingerprint density at radius 3 is 2.00 bits per heavy atom.